The van der Waals surface area contributed by atoms with Crippen molar-refractivity contribution < 1.29 is 14.7 Å². The summed E-state index contributed by atoms with van der Waals surface area (Å²) in [5.74, 6) is 0.778. The topological polar surface area (TPSA) is 66.4 Å². The third kappa shape index (κ3) is 5.69. The number of aliphatic carboxylic acids is 1. The predicted molar refractivity (Wildman–Crippen MR) is 151 cm³/mol. The Morgan fingerprint density at radius 1 is 0.973 bits per heavy atom. The second-order valence-electron chi connectivity index (χ2n) is 10.5. The highest BCUT2D eigenvalue weighted by molar-refractivity contribution is 6.13. The van der Waals surface area contributed by atoms with E-state index in [-0.39, 0.29) is 5.91 Å². The molecule has 37 heavy (non-hydrogen) atoms. The number of anilines is 1. The third-order valence-electron chi connectivity index (χ3n) is 8.20. The van der Waals surface area contributed by atoms with E-state index in [0.29, 0.717) is 29.7 Å². The Kier molecular flexibility index (Phi) is 7.55. The van der Waals surface area contributed by atoms with Crippen LogP contribution in [-0.4, -0.2) is 17.0 Å². The minimum atomic E-state index is -0.668. The van der Waals surface area contributed by atoms with E-state index in [9.17, 15) is 9.59 Å². The Morgan fingerprint density at radius 2 is 1.78 bits per heavy atom. The number of allylic oxidation sites excluding steroid dienone is 4. The molecule has 2 N–H and O–H groups in total. The standard InChI is InChI=1S/C33H35NO3/c1-2-23-6-3-4-9-31(23)34-33(37)30-8-5-7-28-21-27(18-19-29(28)30)26-16-14-25(15-17-26)24-12-10-22(11-13-24)20-32(35)36/h3-9,14,16-19,21-22,24-25H,2,10-13,15,20H2,1H3,(H,34,37)(H,35,36)/t22?,24?,25-/m0/s1. The van der Waals surface area contributed by atoms with Crippen LogP contribution in [0.1, 0.15) is 66.9 Å². The zero-order valence-electron chi connectivity index (χ0n) is 21.5. The number of para-hydroxylation sites is 1. The molecular weight excluding hydrogens is 458 g/mol. The number of hydrogen-bond acceptors (Lipinski definition) is 2. The lowest BCUT2D eigenvalue weighted by Gasteiger charge is -2.33. The normalized spacial score (nSPS) is 21.4. The SMILES string of the molecule is CCc1ccccc1NC(=O)c1cccc2cc(C3=CC[C@@H](C4CCC(CC(=O)O)CC4)C=C3)ccc12. The van der Waals surface area contributed by atoms with Crippen LogP contribution in [0, 0.1) is 17.8 Å². The predicted octanol–water partition coefficient (Wildman–Crippen LogP) is 7.90. The van der Waals surface area contributed by atoms with Gasteiger partial charge in [-0.15, -0.1) is 0 Å². The van der Waals surface area contributed by atoms with E-state index in [4.69, 9.17) is 5.11 Å². The van der Waals surface area contributed by atoms with Crippen LogP contribution >= 0.6 is 0 Å². The number of carbonyl (C=O) groups is 2. The number of nitrogens with one attached hydrogen (secondary N) is 1. The number of carboxylic acids is 1. The van der Waals surface area contributed by atoms with Gasteiger partial charge in [-0.1, -0.05) is 67.6 Å². The van der Waals surface area contributed by atoms with Crippen molar-refractivity contribution in [1.82, 2.24) is 0 Å². The largest absolute Gasteiger partial charge is 0.481 e. The molecular formula is C33H35NO3. The Balaban J connectivity index is 1.27. The Bertz CT molecular complexity index is 1360. The molecule has 1 atom stereocenters. The van der Waals surface area contributed by atoms with E-state index in [1.165, 1.54) is 11.1 Å². The zero-order valence-corrected chi connectivity index (χ0v) is 21.5. The first-order valence-corrected chi connectivity index (χ1v) is 13.5. The van der Waals surface area contributed by atoms with E-state index in [1.54, 1.807) is 0 Å². The molecule has 2 aliphatic rings. The minimum absolute atomic E-state index is 0.0862. The molecule has 4 heteroatoms. The fourth-order valence-corrected chi connectivity index (χ4v) is 6.07. The van der Waals surface area contributed by atoms with Crippen molar-refractivity contribution in [2.45, 2.75) is 51.9 Å². The fraction of sp³-hybridized carbons (Fsp3) is 0.333. The molecule has 0 spiro atoms. The highest BCUT2D eigenvalue weighted by Crippen LogP contribution is 2.39. The molecule has 190 valence electrons. The fourth-order valence-electron chi connectivity index (χ4n) is 6.07. The minimum Gasteiger partial charge on any atom is -0.481 e. The van der Waals surface area contributed by atoms with Crippen LogP contribution in [0.5, 0.6) is 0 Å². The molecule has 0 saturated heterocycles. The molecule has 1 amide bonds. The summed E-state index contributed by atoms with van der Waals surface area (Å²) < 4.78 is 0. The first-order valence-electron chi connectivity index (χ1n) is 13.5. The van der Waals surface area contributed by atoms with Crippen molar-refractivity contribution in [2.75, 3.05) is 5.32 Å². The van der Waals surface area contributed by atoms with Gasteiger partial charge in [0.05, 0.1) is 0 Å². The van der Waals surface area contributed by atoms with Gasteiger partial charge < -0.3 is 10.4 Å². The lowest BCUT2D eigenvalue weighted by atomic mass is 9.72. The van der Waals surface area contributed by atoms with Gasteiger partial charge in [0.15, 0.2) is 0 Å². The van der Waals surface area contributed by atoms with Gasteiger partial charge >= 0.3 is 5.97 Å². The summed E-state index contributed by atoms with van der Waals surface area (Å²) in [5, 5.41) is 14.2. The lowest BCUT2D eigenvalue weighted by molar-refractivity contribution is -0.138. The van der Waals surface area contributed by atoms with Crippen LogP contribution in [0.15, 0.2) is 78.9 Å². The van der Waals surface area contributed by atoms with E-state index in [2.05, 4.69) is 54.7 Å². The maximum atomic E-state index is 13.2. The molecule has 3 aromatic rings. The van der Waals surface area contributed by atoms with Crippen molar-refractivity contribution in [3.63, 3.8) is 0 Å². The van der Waals surface area contributed by atoms with E-state index in [0.717, 1.165) is 60.5 Å². The van der Waals surface area contributed by atoms with Gasteiger partial charge in [-0.2, -0.15) is 0 Å². The second kappa shape index (κ2) is 11.2. The van der Waals surface area contributed by atoms with Crippen LogP contribution in [0.25, 0.3) is 16.3 Å². The van der Waals surface area contributed by atoms with Crippen molar-refractivity contribution in [1.29, 1.82) is 0 Å². The van der Waals surface area contributed by atoms with Crippen LogP contribution < -0.4 is 5.32 Å². The first-order chi connectivity index (χ1) is 18.0. The quantitative estimate of drug-likeness (QED) is 0.352. The summed E-state index contributed by atoms with van der Waals surface area (Å²) in [5.41, 5.74) is 5.07. The zero-order chi connectivity index (χ0) is 25.8. The van der Waals surface area contributed by atoms with Crippen LogP contribution in [0.3, 0.4) is 0 Å². The average Bonchev–Trinajstić information content (AvgIpc) is 2.93. The summed E-state index contributed by atoms with van der Waals surface area (Å²) in [6.45, 7) is 2.09. The number of benzene rings is 3. The molecule has 0 radical (unpaired) electrons. The number of carboxylic acid groups (broad SMARTS) is 1. The summed E-state index contributed by atoms with van der Waals surface area (Å²) in [6, 6.07) is 20.2. The van der Waals surface area contributed by atoms with Crippen LogP contribution in [0.4, 0.5) is 5.69 Å². The molecule has 4 nitrogen and oxygen atoms in total. The number of hydrogen-bond donors (Lipinski definition) is 2. The van der Waals surface area contributed by atoms with Gasteiger partial charge in [-0.3, -0.25) is 9.59 Å². The molecule has 2 aliphatic carbocycles. The van der Waals surface area contributed by atoms with Crippen molar-refractivity contribution in [3.05, 3.63) is 95.6 Å². The molecule has 3 aromatic carbocycles. The lowest BCUT2D eigenvalue weighted by Crippen LogP contribution is -2.22. The monoisotopic (exact) mass is 493 g/mol. The maximum Gasteiger partial charge on any atom is 0.303 e. The Morgan fingerprint density at radius 3 is 2.51 bits per heavy atom. The third-order valence-corrected chi connectivity index (χ3v) is 8.20. The first kappa shape index (κ1) is 25.0. The summed E-state index contributed by atoms with van der Waals surface area (Å²) in [7, 11) is 0. The van der Waals surface area contributed by atoms with Crippen molar-refractivity contribution in [2.24, 2.45) is 17.8 Å². The smallest absolute Gasteiger partial charge is 0.303 e. The number of rotatable bonds is 7. The van der Waals surface area contributed by atoms with E-state index in [1.807, 2.05) is 36.4 Å². The van der Waals surface area contributed by atoms with Crippen molar-refractivity contribution >= 4 is 33.9 Å². The molecule has 0 bridgehead atoms. The molecule has 1 fully saturated rings. The van der Waals surface area contributed by atoms with Crippen LogP contribution in [0.2, 0.25) is 0 Å². The number of aryl methyl sites for hydroxylation is 1. The Labute approximate surface area is 219 Å². The van der Waals surface area contributed by atoms with E-state index >= 15 is 0 Å². The van der Waals surface area contributed by atoms with Gasteiger partial charge in [-0.05, 0) is 102 Å². The molecule has 1 saturated carbocycles. The van der Waals surface area contributed by atoms with Crippen molar-refractivity contribution in [3.8, 4) is 0 Å². The highest BCUT2D eigenvalue weighted by Gasteiger charge is 2.28. The van der Waals surface area contributed by atoms with Gasteiger partial charge in [0.25, 0.3) is 5.91 Å². The summed E-state index contributed by atoms with van der Waals surface area (Å²) in [4.78, 5) is 24.2. The average molecular weight is 494 g/mol. The summed E-state index contributed by atoms with van der Waals surface area (Å²) >= 11 is 0. The summed E-state index contributed by atoms with van der Waals surface area (Å²) in [6.07, 6.45) is 13.5. The number of amides is 1. The van der Waals surface area contributed by atoms with Gasteiger partial charge in [0, 0.05) is 17.7 Å². The number of carbonyl (C=O) groups excluding carboxylic acids is 1. The van der Waals surface area contributed by atoms with Gasteiger partial charge in [0.1, 0.15) is 0 Å². The van der Waals surface area contributed by atoms with Gasteiger partial charge in [-0.25, -0.2) is 0 Å². The molecule has 0 aliphatic heterocycles. The highest BCUT2D eigenvalue weighted by atomic mass is 16.4. The Hall–Kier alpha value is -3.66. The molecule has 0 aromatic heterocycles. The molecule has 5 rings (SSSR count). The molecule has 0 heterocycles. The second-order valence-corrected chi connectivity index (χ2v) is 10.5. The number of fused-ring (bicyclic) bond motifs is 1. The van der Waals surface area contributed by atoms with Gasteiger partial charge in [0.2, 0.25) is 0 Å². The molecule has 0 unspecified atom stereocenters. The van der Waals surface area contributed by atoms with Crippen LogP contribution in [-0.2, 0) is 11.2 Å². The van der Waals surface area contributed by atoms with E-state index < -0.39 is 5.97 Å². The maximum absolute atomic E-state index is 13.2.